The molecule has 0 heterocycles. The number of carbonyl (C=O) groups excluding carboxylic acids is 2. The van der Waals surface area contributed by atoms with Gasteiger partial charge >= 0.3 is 0 Å². The van der Waals surface area contributed by atoms with E-state index in [0.29, 0.717) is 22.6 Å². The molecule has 1 amide bonds. The van der Waals surface area contributed by atoms with Crippen LogP contribution in [0.15, 0.2) is 48.5 Å². The molecule has 0 unspecified atom stereocenters. The Kier molecular flexibility index (Phi) is 4.95. The molecule has 5 heteroatoms. The average Bonchev–Trinajstić information content (AvgIpc) is 2.53. The van der Waals surface area contributed by atoms with Crippen molar-refractivity contribution in [2.75, 3.05) is 18.6 Å². The van der Waals surface area contributed by atoms with Crippen molar-refractivity contribution < 1.29 is 14.3 Å². The number of carbonyl (C=O) groups is 2. The number of aldehydes is 1. The number of halogens is 1. The first-order valence-electron chi connectivity index (χ1n) is 6.31. The van der Waals surface area contributed by atoms with Crippen LogP contribution in [-0.4, -0.2) is 25.8 Å². The SMILES string of the molecule is CN(C(=O)COc1ccc(C=O)cc1Cl)c1ccccc1. The van der Waals surface area contributed by atoms with Crippen LogP contribution in [0.2, 0.25) is 5.02 Å². The topological polar surface area (TPSA) is 46.6 Å². The predicted octanol–water partition coefficient (Wildman–Crippen LogP) is 3.19. The van der Waals surface area contributed by atoms with Crippen molar-refractivity contribution in [3.8, 4) is 5.75 Å². The first-order valence-corrected chi connectivity index (χ1v) is 6.68. The highest BCUT2D eigenvalue weighted by molar-refractivity contribution is 6.32. The molecule has 108 valence electrons. The van der Waals surface area contributed by atoms with Crippen molar-refractivity contribution in [3.63, 3.8) is 0 Å². The molecule has 0 aromatic heterocycles. The summed E-state index contributed by atoms with van der Waals surface area (Å²) in [6.07, 6.45) is 0.698. The molecule has 0 spiro atoms. The summed E-state index contributed by atoms with van der Waals surface area (Å²) in [6.45, 7) is -0.133. The Labute approximate surface area is 127 Å². The zero-order chi connectivity index (χ0) is 15.2. The molecule has 0 aliphatic heterocycles. The highest BCUT2D eigenvalue weighted by Crippen LogP contribution is 2.25. The van der Waals surface area contributed by atoms with Gasteiger partial charge in [-0.1, -0.05) is 29.8 Å². The molecule has 0 fully saturated rings. The Bertz CT molecular complexity index is 643. The second-order valence-corrected chi connectivity index (χ2v) is 4.79. The molecule has 21 heavy (non-hydrogen) atoms. The number of ether oxygens (including phenoxy) is 1. The molecule has 2 rings (SSSR count). The van der Waals surface area contributed by atoms with Crippen molar-refractivity contribution in [2.24, 2.45) is 0 Å². The smallest absolute Gasteiger partial charge is 0.264 e. The summed E-state index contributed by atoms with van der Waals surface area (Å²) in [4.78, 5) is 24.2. The van der Waals surface area contributed by atoms with Crippen molar-refractivity contribution in [2.45, 2.75) is 0 Å². The predicted molar refractivity (Wildman–Crippen MR) is 82.2 cm³/mol. The van der Waals surface area contributed by atoms with Gasteiger partial charge in [0.05, 0.1) is 5.02 Å². The van der Waals surface area contributed by atoms with Gasteiger partial charge in [-0.25, -0.2) is 0 Å². The zero-order valence-electron chi connectivity index (χ0n) is 11.5. The lowest BCUT2D eigenvalue weighted by molar-refractivity contribution is -0.120. The lowest BCUT2D eigenvalue weighted by atomic mass is 10.2. The molecule has 0 saturated carbocycles. The number of anilines is 1. The number of rotatable bonds is 5. The van der Waals surface area contributed by atoms with Crippen molar-refractivity contribution in [3.05, 3.63) is 59.1 Å². The molecule has 0 aliphatic carbocycles. The minimum Gasteiger partial charge on any atom is -0.482 e. The van der Waals surface area contributed by atoms with E-state index in [1.807, 2.05) is 30.3 Å². The molecule has 2 aromatic carbocycles. The maximum absolute atomic E-state index is 12.1. The molecular formula is C16H14ClNO3. The van der Waals surface area contributed by atoms with Gasteiger partial charge in [-0.2, -0.15) is 0 Å². The molecule has 0 bridgehead atoms. The average molecular weight is 304 g/mol. The van der Waals surface area contributed by atoms with Crippen LogP contribution >= 0.6 is 11.6 Å². The lowest BCUT2D eigenvalue weighted by Gasteiger charge is -2.17. The van der Waals surface area contributed by atoms with Crippen molar-refractivity contribution >= 4 is 29.5 Å². The number of amides is 1. The third-order valence-electron chi connectivity index (χ3n) is 2.96. The monoisotopic (exact) mass is 303 g/mol. The molecule has 0 N–H and O–H groups in total. The molecule has 4 nitrogen and oxygen atoms in total. The van der Waals surface area contributed by atoms with Crippen LogP contribution in [0.25, 0.3) is 0 Å². The van der Waals surface area contributed by atoms with E-state index in [9.17, 15) is 9.59 Å². The van der Waals surface area contributed by atoms with E-state index in [4.69, 9.17) is 16.3 Å². The van der Waals surface area contributed by atoms with E-state index in [1.54, 1.807) is 19.2 Å². The highest BCUT2D eigenvalue weighted by Gasteiger charge is 2.12. The fourth-order valence-corrected chi connectivity index (χ4v) is 1.98. The Hall–Kier alpha value is -2.33. The van der Waals surface area contributed by atoms with E-state index in [2.05, 4.69) is 0 Å². The van der Waals surface area contributed by atoms with E-state index < -0.39 is 0 Å². The maximum Gasteiger partial charge on any atom is 0.264 e. The standard InChI is InChI=1S/C16H14ClNO3/c1-18(13-5-3-2-4-6-13)16(20)11-21-15-8-7-12(10-19)9-14(15)17/h2-10H,11H2,1H3. The second-order valence-electron chi connectivity index (χ2n) is 4.38. The third kappa shape index (κ3) is 3.83. The van der Waals surface area contributed by atoms with Gasteiger partial charge in [0.25, 0.3) is 5.91 Å². The lowest BCUT2D eigenvalue weighted by Crippen LogP contribution is -2.31. The van der Waals surface area contributed by atoms with Crippen LogP contribution in [0.3, 0.4) is 0 Å². The number of benzene rings is 2. The van der Waals surface area contributed by atoms with Gasteiger partial charge in [0, 0.05) is 18.3 Å². The number of likely N-dealkylation sites (N-methyl/N-ethyl adjacent to an activating group) is 1. The van der Waals surface area contributed by atoms with Gasteiger partial charge in [-0.05, 0) is 30.3 Å². The first-order chi connectivity index (χ1) is 10.1. The summed E-state index contributed by atoms with van der Waals surface area (Å²) < 4.78 is 5.40. The van der Waals surface area contributed by atoms with Gasteiger partial charge in [-0.3, -0.25) is 9.59 Å². The third-order valence-corrected chi connectivity index (χ3v) is 3.26. The van der Waals surface area contributed by atoms with Gasteiger partial charge in [-0.15, -0.1) is 0 Å². The summed E-state index contributed by atoms with van der Waals surface area (Å²) in [6, 6.07) is 13.9. The Morgan fingerprint density at radius 2 is 1.95 bits per heavy atom. The molecule has 0 radical (unpaired) electrons. The van der Waals surface area contributed by atoms with Gasteiger partial charge < -0.3 is 9.64 Å². The summed E-state index contributed by atoms with van der Waals surface area (Å²) in [5.41, 5.74) is 1.24. The van der Waals surface area contributed by atoms with Crippen LogP contribution in [-0.2, 0) is 4.79 Å². The van der Waals surface area contributed by atoms with Crippen LogP contribution in [0, 0.1) is 0 Å². The quantitative estimate of drug-likeness (QED) is 0.797. The minimum atomic E-state index is -0.197. The van der Waals surface area contributed by atoms with Crippen LogP contribution in [0.5, 0.6) is 5.75 Å². The van der Waals surface area contributed by atoms with Gasteiger partial charge in [0.15, 0.2) is 6.61 Å². The Balaban J connectivity index is 1.99. The number of nitrogens with zero attached hydrogens (tertiary/aromatic N) is 1. The number of hydrogen-bond donors (Lipinski definition) is 0. The fraction of sp³-hybridized carbons (Fsp3) is 0.125. The fourth-order valence-electron chi connectivity index (χ4n) is 1.74. The number of para-hydroxylation sites is 1. The van der Waals surface area contributed by atoms with Crippen LogP contribution < -0.4 is 9.64 Å². The first kappa shape index (κ1) is 15.1. The van der Waals surface area contributed by atoms with Crippen LogP contribution in [0.4, 0.5) is 5.69 Å². The molecular weight excluding hydrogens is 290 g/mol. The summed E-state index contributed by atoms with van der Waals surface area (Å²) in [7, 11) is 1.68. The van der Waals surface area contributed by atoms with E-state index in [1.165, 1.54) is 11.0 Å². The molecule has 0 saturated heterocycles. The molecule has 0 atom stereocenters. The largest absolute Gasteiger partial charge is 0.482 e. The summed E-state index contributed by atoms with van der Waals surface area (Å²) in [5, 5.41) is 0.301. The maximum atomic E-state index is 12.1. The molecule has 0 aliphatic rings. The van der Waals surface area contributed by atoms with E-state index >= 15 is 0 Å². The molecule has 2 aromatic rings. The zero-order valence-corrected chi connectivity index (χ0v) is 12.2. The second kappa shape index (κ2) is 6.90. The minimum absolute atomic E-state index is 0.133. The normalized spacial score (nSPS) is 10.0. The number of hydrogen-bond acceptors (Lipinski definition) is 3. The van der Waals surface area contributed by atoms with E-state index in [-0.39, 0.29) is 12.5 Å². The van der Waals surface area contributed by atoms with Crippen LogP contribution in [0.1, 0.15) is 10.4 Å². The van der Waals surface area contributed by atoms with Gasteiger partial charge in [0.1, 0.15) is 12.0 Å². The Morgan fingerprint density at radius 1 is 1.24 bits per heavy atom. The van der Waals surface area contributed by atoms with Crippen molar-refractivity contribution in [1.29, 1.82) is 0 Å². The summed E-state index contributed by atoms with van der Waals surface area (Å²) in [5.74, 6) is 0.175. The Morgan fingerprint density at radius 3 is 2.57 bits per heavy atom. The highest BCUT2D eigenvalue weighted by atomic mass is 35.5. The van der Waals surface area contributed by atoms with Crippen molar-refractivity contribution in [1.82, 2.24) is 0 Å². The van der Waals surface area contributed by atoms with Gasteiger partial charge in [0.2, 0.25) is 0 Å². The summed E-state index contributed by atoms with van der Waals surface area (Å²) >= 11 is 5.98. The van der Waals surface area contributed by atoms with E-state index in [0.717, 1.165) is 5.69 Å².